The van der Waals surface area contributed by atoms with E-state index < -0.39 is 0 Å². The first kappa shape index (κ1) is 23.2. The van der Waals surface area contributed by atoms with Gasteiger partial charge in [-0.3, -0.25) is 4.79 Å². The number of nitrogens with zero attached hydrogens (tertiary/aromatic N) is 6. The number of carbonyl (C=O) groups is 1. The lowest BCUT2D eigenvalue weighted by Gasteiger charge is -2.37. The Morgan fingerprint density at radius 1 is 1.03 bits per heavy atom. The number of piperazine rings is 1. The van der Waals surface area contributed by atoms with Crippen LogP contribution in [-0.2, 0) is 11.2 Å². The second kappa shape index (κ2) is 9.12. The van der Waals surface area contributed by atoms with Gasteiger partial charge in [-0.2, -0.15) is 5.10 Å². The molecule has 3 heterocycles. The minimum Gasteiger partial charge on any atom is -0.352 e. The molecule has 1 aliphatic rings. The highest BCUT2D eigenvalue weighted by atomic mass is 16.2. The average Bonchev–Trinajstić information content (AvgIpc) is 3.09. The molecule has 1 aliphatic heterocycles. The van der Waals surface area contributed by atoms with Gasteiger partial charge in [-0.1, -0.05) is 52.8 Å². The van der Waals surface area contributed by atoms with E-state index in [0.29, 0.717) is 25.4 Å². The summed E-state index contributed by atoms with van der Waals surface area (Å²) in [4.78, 5) is 27.0. The first-order valence-corrected chi connectivity index (χ1v) is 12.0. The van der Waals surface area contributed by atoms with Gasteiger partial charge in [0.05, 0.1) is 16.8 Å². The summed E-state index contributed by atoms with van der Waals surface area (Å²) in [6, 6.07) is 10.1. The van der Waals surface area contributed by atoms with Gasteiger partial charge in [-0.25, -0.2) is 14.6 Å². The Morgan fingerprint density at radius 2 is 1.70 bits per heavy atom. The van der Waals surface area contributed by atoms with Crippen LogP contribution in [-0.4, -0.2) is 56.7 Å². The third kappa shape index (κ3) is 5.18. The van der Waals surface area contributed by atoms with Gasteiger partial charge >= 0.3 is 0 Å². The molecule has 0 bridgehead atoms. The first-order chi connectivity index (χ1) is 15.6. The number of aromatic nitrogens is 4. The Bertz CT molecular complexity index is 1120. The molecule has 4 rings (SSSR count). The number of hydrogen-bond donors (Lipinski definition) is 0. The number of fused-ring (bicyclic) bond motifs is 1. The fourth-order valence-electron chi connectivity index (χ4n) is 4.37. The predicted octanol–water partition coefficient (Wildman–Crippen LogP) is 4.41. The number of aryl methyl sites for hydroxylation is 1. The minimum atomic E-state index is 0.00190. The van der Waals surface area contributed by atoms with Crippen LogP contribution in [0.15, 0.2) is 30.3 Å². The van der Waals surface area contributed by atoms with Crippen molar-refractivity contribution in [3.8, 4) is 5.69 Å². The van der Waals surface area contributed by atoms with E-state index in [1.165, 1.54) is 0 Å². The minimum absolute atomic E-state index is 0.00190. The zero-order valence-electron chi connectivity index (χ0n) is 20.8. The number of para-hydroxylation sites is 1. The Balaban J connectivity index is 1.69. The van der Waals surface area contributed by atoms with Crippen molar-refractivity contribution >= 4 is 22.8 Å². The van der Waals surface area contributed by atoms with Crippen molar-refractivity contribution in [1.29, 1.82) is 0 Å². The van der Waals surface area contributed by atoms with Crippen molar-refractivity contribution in [3.05, 3.63) is 41.9 Å². The lowest BCUT2D eigenvalue weighted by Crippen LogP contribution is -2.49. The molecule has 3 aromatic rings. The van der Waals surface area contributed by atoms with Gasteiger partial charge in [0.2, 0.25) is 5.91 Å². The van der Waals surface area contributed by atoms with Crippen molar-refractivity contribution in [1.82, 2.24) is 24.6 Å². The van der Waals surface area contributed by atoms with Gasteiger partial charge in [-0.15, -0.1) is 0 Å². The van der Waals surface area contributed by atoms with Crippen molar-refractivity contribution in [2.24, 2.45) is 11.3 Å². The summed E-state index contributed by atoms with van der Waals surface area (Å²) in [7, 11) is 0. The molecule has 7 heteroatoms. The third-order valence-electron chi connectivity index (χ3n) is 5.93. The molecule has 0 N–H and O–H groups in total. The quantitative estimate of drug-likeness (QED) is 0.578. The van der Waals surface area contributed by atoms with Crippen LogP contribution in [0.3, 0.4) is 0 Å². The van der Waals surface area contributed by atoms with Crippen LogP contribution in [0.4, 0.5) is 5.82 Å². The monoisotopic (exact) mass is 448 g/mol. The fourth-order valence-corrected chi connectivity index (χ4v) is 4.37. The molecule has 0 spiro atoms. The van der Waals surface area contributed by atoms with Crippen LogP contribution in [0.25, 0.3) is 16.7 Å². The third-order valence-corrected chi connectivity index (χ3v) is 5.93. The molecule has 0 radical (unpaired) electrons. The molecule has 1 fully saturated rings. The second-order valence-corrected chi connectivity index (χ2v) is 10.7. The van der Waals surface area contributed by atoms with E-state index in [2.05, 4.69) is 51.7 Å². The van der Waals surface area contributed by atoms with E-state index in [9.17, 15) is 4.79 Å². The Kier molecular flexibility index (Phi) is 6.41. The molecule has 1 saturated heterocycles. The molecule has 2 aromatic heterocycles. The van der Waals surface area contributed by atoms with Crippen LogP contribution in [0, 0.1) is 18.3 Å². The number of carbonyl (C=O) groups excluding carboxylic acids is 1. The highest BCUT2D eigenvalue weighted by Crippen LogP contribution is 2.30. The predicted molar refractivity (Wildman–Crippen MR) is 133 cm³/mol. The molecular formula is C26H36N6O. The number of rotatable bonds is 5. The molecule has 0 unspecified atom stereocenters. The number of amides is 1. The zero-order chi connectivity index (χ0) is 23.8. The average molecular weight is 449 g/mol. The fraction of sp³-hybridized carbons (Fsp3) is 0.538. The summed E-state index contributed by atoms with van der Waals surface area (Å²) in [5, 5.41) is 5.84. The summed E-state index contributed by atoms with van der Waals surface area (Å²) in [5.74, 6) is 2.48. The Labute approximate surface area is 196 Å². The Hall–Kier alpha value is -2.96. The van der Waals surface area contributed by atoms with Crippen molar-refractivity contribution in [3.63, 3.8) is 0 Å². The van der Waals surface area contributed by atoms with Crippen molar-refractivity contribution in [2.45, 2.75) is 54.4 Å². The van der Waals surface area contributed by atoms with Gasteiger partial charge in [0, 0.05) is 39.0 Å². The zero-order valence-corrected chi connectivity index (χ0v) is 20.8. The largest absolute Gasteiger partial charge is 0.352 e. The van der Waals surface area contributed by atoms with Gasteiger partial charge in [0.15, 0.2) is 5.65 Å². The molecule has 1 amide bonds. The van der Waals surface area contributed by atoms with Gasteiger partial charge in [0.25, 0.3) is 0 Å². The standard InChI is InChI=1S/C26H36N6O/c1-18(2)16-21-27-24(31-14-12-30(13-15-31)22(33)17-26(4,5)6)23-19(3)29-32(25(23)28-21)20-10-8-7-9-11-20/h7-11,18H,12-17H2,1-6H3. The number of benzene rings is 1. The van der Waals surface area contributed by atoms with Gasteiger partial charge in [0.1, 0.15) is 11.6 Å². The molecule has 0 saturated carbocycles. The maximum absolute atomic E-state index is 12.7. The molecule has 0 aliphatic carbocycles. The van der Waals surface area contributed by atoms with E-state index in [1.54, 1.807) is 0 Å². The molecule has 1 aromatic carbocycles. The summed E-state index contributed by atoms with van der Waals surface area (Å²) in [5.41, 5.74) is 2.77. The van der Waals surface area contributed by atoms with Crippen LogP contribution in [0.5, 0.6) is 0 Å². The maximum atomic E-state index is 12.7. The highest BCUT2D eigenvalue weighted by molar-refractivity contribution is 5.91. The Morgan fingerprint density at radius 3 is 2.30 bits per heavy atom. The van der Waals surface area contributed by atoms with Crippen LogP contribution >= 0.6 is 0 Å². The van der Waals surface area contributed by atoms with Crippen molar-refractivity contribution < 1.29 is 4.79 Å². The summed E-state index contributed by atoms with van der Waals surface area (Å²) in [6.45, 7) is 15.7. The molecule has 7 nitrogen and oxygen atoms in total. The summed E-state index contributed by atoms with van der Waals surface area (Å²) >= 11 is 0. The lowest BCUT2D eigenvalue weighted by atomic mass is 9.91. The van der Waals surface area contributed by atoms with E-state index in [0.717, 1.165) is 53.6 Å². The number of anilines is 1. The van der Waals surface area contributed by atoms with Gasteiger partial charge < -0.3 is 9.80 Å². The lowest BCUT2D eigenvalue weighted by molar-refractivity contribution is -0.133. The summed E-state index contributed by atoms with van der Waals surface area (Å²) in [6.07, 6.45) is 1.39. The topological polar surface area (TPSA) is 67.2 Å². The normalized spacial score (nSPS) is 15.0. The number of hydrogen-bond acceptors (Lipinski definition) is 5. The maximum Gasteiger partial charge on any atom is 0.223 e. The molecule has 0 atom stereocenters. The second-order valence-electron chi connectivity index (χ2n) is 10.7. The van der Waals surface area contributed by atoms with Crippen molar-refractivity contribution in [2.75, 3.05) is 31.1 Å². The van der Waals surface area contributed by atoms with Crippen LogP contribution < -0.4 is 4.90 Å². The van der Waals surface area contributed by atoms with E-state index in [4.69, 9.17) is 15.1 Å². The molecule has 33 heavy (non-hydrogen) atoms. The molecule has 176 valence electrons. The van der Waals surface area contributed by atoms with Crippen LogP contribution in [0.2, 0.25) is 0 Å². The SMILES string of the molecule is Cc1nn(-c2ccccc2)c2nc(CC(C)C)nc(N3CCN(C(=O)CC(C)(C)C)CC3)c12. The van der Waals surface area contributed by atoms with E-state index >= 15 is 0 Å². The molecular weight excluding hydrogens is 412 g/mol. The first-order valence-electron chi connectivity index (χ1n) is 12.0. The van der Waals surface area contributed by atoms with E-state index in [1.807, 2.05) is 34.7 Å². The van der Waals surface area contributed by atoms with Crippen LogP contribution in [0.1, 0.15) is 52.6 Å². The summed E-state index contributed by atoms with van der Waals surface area (Å²) < 4.78 is 1.93. The van der Waals surface area contributed by atoms with Gasteiger partial charge in [-0.05, 0) is 30.4 Å². The van der Waals surface area contributed by atoms with E-state index in [-0.39, 0.29) is 11.3 Å². The highest BCUT2D eigenvalue weighted by Gasteiger charge is 2.28. The smallest absolute Gasteiger partial charge is 0.223 e.